The Balaban J connectivity index is 1.36. The van der Waals surface area contributed by atoms with Crippen LogP contribution in [-0.2, 0) is 14.3 Å². The number of carbonyl (C=O) groups is 2. The summed E-state index contributed by atoms with van der Waals surface area (Å²) in [5, 5.41) is 0. The van der Waals surface area contributed by atoms with Crippen molar-refractivity contribution in [3.8, 4) is 11.5 Å². The molecule has 7 nitrogen and oxygen atoms in total. The van der Waals surface area contributed by atoms with E-state index in [-0.39, 0.29) is 42.3 Å². The molecule has 0 aliphatic carbocycles. The largest absolute Gasteiger partial charge is 0.454 e. The number of fused-ring (bicyclic) bond motifs is 9. The van der Waals surface area contributed by atoms with Crippen LogP contribution < -0.4 is 9.47 Å². The van der Waals surface area contributed by atoms with Crippen molar-refractivity contribution in [2.45, 2.75) is 24.5 Å². The summed E-state index contributed by atoms with van der Waals surface area (Å²) in [5.41, 5.74) is 2.68. The van der Waals surface area contributed by atoms with E-state index in [0.29, 0.717) is 23.7 Å². The lowest BCUT2D eigenvalue weighted by Gasteiger charge is -2.34. The molecule has 3 saturated heterocycles. The molecule has 6 atom stereocenters. The number of rotatable bonds is 2. The molecule has 156 valence electrons. The van der Waals surface area contributed by atoms with Crippen molar-refractivity contribution in [3.63, 3.8) is 0 Å². The topological polar surface area (TPSA) is 74.3 Å². The molecular formula is C24H19NO6. The molecule has 2 bridgehead atoms. The lowest BCUT2D eigenvalue weighted by atomic mass is 9.75. The summed E-state index contributed by atoms with van der Waals surface area (Å²) in [6.45, 7) is 0.479. The van der Waals surface area contributed by atoms with Gasteiger partial charge in [-0.2, -0.15) is 0 Å². The van der Waals surface area contributed by atoms with Gasteiger partial charge in [-0.05, 0) is 35.4 Å². The van der Waals surface area contributed by atoms with E-state index in [1.807, 2.05) is 36.5 Å². The highest BCUT2D eigenvalue weighted by molar-refractivity contribution is 6.02. The van der Waals surface area contributed by atoms with Gasteiger partial charge in [0.15, 0.2) is 23.1 Å². The summed E-state index contributed by atoms with van der Waals surface area (Å²) in [6, 6.07) is 12.6. The lowest BCUT2D eigenvalue weighted by molar-refractivity contribution is -0.164. The lowest BCUT2D eigenvalue weighted by Crippen LogP contribution is -2.48. The summed E-state index contributed by atoms with van der Waals surface area (Å²) >= 11 is 0. The third-order valence-electron chi connectivity index (χ3n) is 7.13. The zero-order valence-corrected chi connectivity index (χ0v) is 16.5. The minimum atomic E-state index is -0.828. The van der Waals surface area contributed by atoms with Crippen molar-refractivity contribution in [2.24, 2.45) is 11.8 Å². The molecule has 5 aliphatic heterocycles. The van der Waals surface area contributed by atoms with Crippen molar-refractivity contribution < 1.29 is 28.5 Å². The Morgan fingerprint density at radius 2 is 1.94 bits per heavy atom. The molecule has 0 aromatic heterocycles. The van der Waals surface area contributed by atoms with E-state index in [9.17, 15) is 9.59 Å². The van der Waals surface area contributed by atoms with E-state index in [2.05, 4.69) is 4.90 Å². The first-order chi connectivity index (χ1) is 15.2. The minimum Gasteiger partial charge on any atom is -0.454 e. The first kappa shape index (κ1) is 17.5. The summed E-state index contributed by atoms with van der Waals surface area (Å²) in [6.07, 6.45) is 2.86. The fourth-order valence-electron chi connectivity index (χ4n) is 5.84. The Bertz CT molecular complexity index is 1160. The van der Waals surface area contributed by atoms with Crippen molar-refractivity contribution in [1.29, 1.82) is 0 Å². The summed E-state index contributed by atoms with van der Waals surface area (Å²) in [7, 11) is 0. The van der Waals surface area contributed by atoms with Crippen LogP contribution in [-0.4, -0.2) is 48.3 Å². The molecule has 0 saturated carbocycles. The molecule has 0 amide bonds. The maximum atomic E-state index is 13.9. The molecule has 2 aromatic rings. The molecule has 31 heavy (non-hydrogen) atoms. The monoisotopic (exact) mass is 417 g/mol. The van der Waals surface area contributed by atoms with Crippen LogP contribution in [0.5, 0.6) is 11.5 Å². The van der Waals surface area contributed by atoms with Crippen LogP contribution in [0.15, 0.2) is 48.7 Å². The first-order valence-corrected chi connectivity index (χ1v) is 10.5. The number of ether oxygens (including phenoxy) is 4. The van der Waals surface area contributed by atoms with Gasteiger partial charge in [-0.1, -0.05) is 24.3 Å². The highest BCUT2D eigenvalue weighted by atomic mass is 16.7. The number of nitrogens with zero attached hydrogens (tertiary/aromatic N) is 1. The van der Waals surface area contributed by atoms with Crippen LogP contribution in [0.4, 0.5) is 0 Å². The van der Waals surface area contributed by atoms with Gasteiger partial charge in [-0.15, -0.1) is 0 Å². The van der Waals surface area contributed by atoms with Crippen LogP contribution in [0, 0.1) is 11.8 Å². The molecule has 7 rings (SSSR count). The molecule has 7 heteroatoms. The second-order valence-corrected chi connectivity index (χ2v) is 8.56. The van der Waals surface area contributed by atoms with E-state index in [1.54, 1.807) is 18.2 Å². The number of ketones is 2. The average molecular weight is 417 g/mol. The molecule has 5 heterocycles. The fourth-order valence-corrected chi connectivity index (χ4v) is 5.84. The number of carbonyl (C=O) groups excluding carboxylic acids is 2. The van der Waals surface area contributed by atoms with E-state index in [4.69, 9.17) is 18.9 Å². The van der Waals surface area contributed by atoms with Crippen molar-refractivity contribution in [1.82, 2.24) is 4.90 Å². The quantitative estimate of drug-likeness (QED) is 0.696. The zero-order chi connectivity index (χ0) is 20.7. The number of Topliss-reactive ketones (excluding diaryl/α,β-unsaturated/α-hetero) is 2. The second-order valence-electron chi connectivity index (χ2n) is 8.56. The minimum absolute atomic E-state index is 0.0541. The normalized spacial score (nSPS) is 33.8. The van der Waals surface area contributed by atoms with Gasteiger partial charge in [0.2, 0.25) is 13.1 Å². The fraction of sp³-hybridized carbons (Fsp3) is 0.333. The molecule has 3 fully saturated rings. The Kier molecular flexibility index (Phi) is 3.49. The van der Waals surface area contributed by atoms with Gasteiger partial charge in [0, 0.05) is 17.7 Å². The standard InChI is InChI=1S/C24H19NO6/c26-22(13-5-6-15-16(9-13)30-11-29-15)21-18-17-10-28-24(31-17)23(27)19(18)20-14-4-2-1-3-12(14)7-8-25(20)21/h1-9,17-21,24H,10-11H2/t17-,18+,19-,20+,21-,24-/m1/s1. The van der Waals surface area contributed by atoms with Crippen LogP contribution in [0.3, 0.4) is 0 Å². The first-order valence-electron chi connectivity index (χ1n) is 10.5. The van der Waals surface area contributed by atoms with E-state index >= 15 is 0 Å². The Hall–Kier alpha value is -3.16. The van der Waals surface area contributed by atoms with Gasteiger partial charge in [0.25, 0.3) is 0 Å². The third-order valence-corrected chi connectivity index (χ3v) is 7.13. The average Bonchev–Trinajstić information content (AvgIpc) is 3.52. The molecule has 5 aliphatic rings. The summed E-state index contributed by atoms with van der Waals surface area (Å²) < 4.78 is 22.4. The van der Waals surface area contributed by atoms with Crippen LogP contribution in [0.2, 0.25) is 0 Å². The molecule has 0 N–H and O–H groups in total. The van der Waals surface area contributed by atoms with Gasteiger partial charge in [-0.25, -0.2) is 0 Å². The molecular weight excluding hydrogens is 398 g/mol. The van der Waals surface area contributed by atoms with Crippen molar-refractivity contribution in [2.75, 3.05) is 13.4 Å². The van der Waals surface area contributed by atoms with Crippen molar-refractivity contribution >= 4 is 17.6 Å². The highest BCUT2D eigenvalue weighted by Crippen LogP contribution is 2.54. The second kappa shape index (κ2) is 6.18. The van der Waals surface area contributed by atoms with E-state index in [1.165, 1.54) is 0 Å². The smallest absolute Gasteiger partial charge is 0.231 e. The molecule has 0 unspecified atom stereocenters. The molecule has 0 radical (unpaired) electrons. The Morgan fingerprint density at radius 3 is 2.87 bits per heavy atom. The van der Waals surface area contributed by atoms with Gasteiger partial charge in [0.1, 0.15) is 0 Å². The van der Waals surface area contributed by atoms with Crippen LogP contribution >= 0.6 is 0 Å². The third kappa shape index (κ3) is 2.30. The maximum absolute atomic E-state index is 13.9. The Labute approximate surface area is 178 Å². The predicted octanol–water partition coefficient (Wildman–Crippen LogP) is 2.56. The number of hydrogen-bond acceptors (Lipinski definition) is 7. The van der Waals surface area contributed by atoms with Gasteiger partial charge in [-0.3, -0.25) is 9.59 Å². The van der Waals surface area contributed by atoms with E-state index in [0.717, 1.165) is 11.1 Å². The van der Waals surface area contributed by atoms with Crippen molar-refractivity contribution in [3.05, 3.63) is 65.4 Å². The molecule has 2 aromatic carbocycles. The predicted molar refractivity (Wildman–Crippen MR) is 107 cm³/mol. The molecule has 0 spiro atoms. The van der Waals surface area contributed by atoms with Crippen LogP contribution in [0.1, 0.15) is 27.5 Å². The zero-order valence-electron chi connectivity index (χ0n) is 16.5. The van der Waals surface area contributed by atoms with Gasteiger partial charge < -0.3 is 23.8 Å². The summed E-state index contributed by atoms with van der Waals surface area (Å²) in [5.74, 6) is 0.428. The highest BCUT2D eigenvalue weighted by Gasteiger charge is 2.63. The number of hydrogen-bond donors (Lipinski definition) is 0. The number of benzene rings is 2. The van der Waals surface area contributed by atoms with Gasteiger partial charge in [0.05, 0.1) is 30.7 Å². The maximum Gasteiger partial charge on any atom is 0.231 e. The van der Waals surface area contributed by atoms with E-state index < -0.39 is 12.3 Å². The summed E-state index contributed by atoms with van der Waals surface area (Å²) in [4.78, 5) is 29.3. The van der Waals surface area contributed by atoms with Crippen LogP contribution in [0.25, 0.3) is 6.08 Å². The van der Waals surface area contributed by atoms with Gasteiger partial charge >= 0.3 is 0 Å². The SMILES string of the molecule is O=C1[C@@H]2OC[C@@H](O2)[C@H]2[C@@H]1[C@@H]1c3ccccc3C=CN1[C@H]2C(=O)c1ccc2c(c1)OCO2. The Morgan fingerprint density at radius 1 is 1.06 bits per heavy atom.